The summed E-state index contributed by atoms with van der Waals surface area (Å²) >= 11 is 0. The van der Waals surface area contributed by atoms with Gasteiger partial charge < -0.3 is 24.9 Å². The number of hydrogen-bond donors (Lipinski definition) is 3. The number of amides is 1. The Kier molecular flexibility index (Phi) is 11.0. The number of ether oxygens (including phenoxy) is 1. The number of fused-ring (bicyclic) bond motifs is 1. The Morgan fingerprint density at radius 2 is 1.78 bits per heavy atom. The first-order valence-corrected chi connectivity index (χ1v) is 15.9. The third kappa shape index (κ3) is 9.09. The molecule has 1 aliphatic rings. The fourth-order valence-corrected chi connectivity index (χ4v) is 6.05. The van der Waals surface area contributed by atoms with E-state index in [1.54, 1.807) is 29.9 Å². The number of Topliss-reactive ketones (excluding diaryl/α,β-unsaturated/α-hetero) is 1. The number of benzene rings is 1. The molecule has 4 aromatic rings. The molecule has 0 atom stereocenters. The van der Waals surface area contributed by atoms with E-state index >= 15 is 0 Å². The molecule has 17 heteroatoms. The van der Waals surface area contributed by atoms with Gasteiger partial charge in [-0.3, -0.25) is 9.59 Å². The molecule has 1 fully saturated rings. The summed E-state index contributed by atoms with van der Waals surface area (Å²) in [7, 11) is 1.67. The van der Waals surface area contributed by atoms with Gasteiger partial charge in [-0.25, -0.2) is 8.78 Å². The van der Waals surface area contributed by atoms with E-state index in [1.807, 2.05) is 0 Å². The summed E-state index contributed by atoms with van der Waals surface area (Å²) in [6, 6.07) is 7.78. The van der Waals surface area contributed by atoms with Gasteiger partial charge in [0.05, 0.1) is 28.2 Å². The van der Waals surface area contributed by atoms with Gasteiger partial charge in [-0.1, -0.05) is 12.5 Å². The first-order chi connectivity index (χ1) is 23.6. The second-order valence-electron chi connectivity index (χ2n) is 12.3. The number of aromatic amines is 1. The van der Waals surface area contributed by atoms with Crippen molar-refractivity contribution in [1.82, 2.24) is 24.8 Å². The smallest absolute Gasteiger partial charge is 0.418 e. The second-order valence-corrected chi connectivity index (χ2v) is 12.3. The predicted octanol–water partition coefficient (Wildman–Crippen LogP) is 8.35. The van der Waals surface area contributed by atoms with Crippen molar-refractivity contribution in [3.8, 4) is 5.88 Å². The lowest BCUT2D eigenvalue weighted by atomic mass is 9.79. The zero-order valence-electron chi connectivity index (χ0n) is 26.7. The normalized spacial score (nSPS) is 16.9. The van der Waals surface area contributed by atoms with E-state index in [4.69, 9.17) is 4.74 Å². The number of carbonyl (C=O) groups excluding carboxylic acids is 2. The van der Waals surface area contributed by atoms with E-state index in [1.165, 1.54) is 18.2 Å². The van der Waals surface area contributed by atoms with Crippen molar-refractivity contribution < 1.29 is 49.4 Å². The molecule has 1 saturated carbocycles. The molecule has 50 heavy (non-hydrogen) atoms. The number of nitrogens with zero attached hydrogens (tertiary/aromatic N) is 3. The zero-order valence-corrected chi connectivity index (χ0v) is 26.7. The van der Waals surface area contributed by atoms with Crippen LogP contribution in [0.5, 0.6) is 5.88 Å². The molecule has 0 spiro atoms. The number of H-pyrrole nitrogens is 1. The molecule has 5 rings (SSSR count). The van der Waals surface area contributed by atoms with Crippen molar-refractivity contribution in [1.29, 1.82) is 0 Å². The third-order valence-corrected chi connectivity index (χ3v) is 8.68. The zero-order chi connectivity index (χ0) is 36.2. The van der Waals surface area contributed by atoms with Gasteiger partial charge in [-0.15, -0.1) is 0 Å². The Morgan fingerprint density at radius 1 is 1.04 bits per heavy atom. The SMILES string of the molecule is Cn1cccc1C(=O)NCc1ccc(C(F)(F)F)c(Nc2nc3nc(OCC(F)F)c(C(=O)CCCC4CCC(C(F)(F)F)CC4)cc3[nH]2)c1. The molecule has 0 unspecified atom stereocenters. The number of alkyl halides is 8. The maximum atomic E-state index is 13.9. The monoisotopic (exact) mass is 714 g/mol. The fourth-order valence-electron chi connectivity index (χ4n) is 6.05. The number of aryl methyl sites for hydroxylation is 1. The highest BCUT2D eigenvalue weighted by Gasteiger charge is 2.41. The van der Waals surface area contributed by atoms with Crippen LogP contribution in [0.2, 0.25) is 0 Å². The van der Waals surface area contributed by atoms with E-state index in [0.29, 0.717) is 36.9 Å². The highest BCUT2D eigenvalue weighted by atomic mass is 19.4. The van der Waals surface area contributed by atoms with Crippen LogP contribution in [0.3, 0.4) is 0 Å². The van der Waals surface area contributed by atoms with Crippen molar-refractivity contribution in [3.05, 3.63) is 65.0 Å². The minimum atomic E-state index is -4.77. The molecule has 3 heterocycles. The highest BCUT2D eigenvalue weighted by molar-refractivity contribution is 6.00. The Labute approximate surface area is 280 Å². The van der Waals surface area contributed by atoms with E-state index in [2.05, 4.69) is 25.6 Å². The summed E-state index contributed by atoms with van der Waals surface area (Å²) < 4.78 is 114. The van der Waals surface area contributed by atoms with Crippen LogP contribution in [-0.2, 0) is 19.8 Å². The van der Waals surface area contributed by atoms with Crippen LogP contribution < -0.4 is 15.4 Å². The van der Waals surface area contributed by atoms with Gasteiger partial charge in [-0.05, 0) is 73.9 Å². The van der Waals surface area contributed by atoms with Crippen molar-refractivity contribution in [2.24, 2.45) is 18.9 Å². The fraction of sp³-hybridized carbons (Fsp3) is 0.455. The summed E-state index contributed by atoms with van der Waals surface area (Å²) in [6.07, 6.45) is -8.60. The molecular formula is C33H34F8N6O3. The Hall–Kier alpha value is -4.70. The Balaban J connectivity index is 1.32. The number of hydrogen-bond acceptors (Lipinski definition) is 6. The van der Waals surface area contributed by atoms with E-state index < -0.39 is 60.1 Å². The first kappa shape index (κ1) is 36.6. The second kappa shape index (κ2) is 15.0. The van der Waals surface area contributed by atoms with Gasteiger partial charge in [0, 0.05) is 26.2 Å². The molecule has 3 N–H and O–H groups in total. The number of halogens is 8. The van der Waals surface area contributed by atoms with E-state index in [0.717, 1.165) is 6.07 Å². The van der Waals surface area contributed by atoms with Crippen LogP contribution in [-0.4, -0.2) is 50.4 Å². The van der Waals surface area contributed by atoms with Gasteiger partial charge in [0.25, 0.3) is 12.3 Å². The van der Waals surface area contributed by atoms with Gasteiger partial charge in [0.2, 0.25) is 11.8 Å². The molecule has 1 amide bonds. The number of nitrogens with one attached hydrogen (secondary N) is 3. The summed E-state index contributed by atoms with van der Waals surface area (Å²) in [4.78, 5) is 36.7. The quantitative estimate of drug-likeness (QED) is 0.0948. The average molecular weight is 715 g/mol. The number of ketones is 1. The van der Waals surface area contributed by atoms with Crippen LogP contribution in [0.4, 0.5) is 46.8 Å². The number of pyridine rings is 1. The first-order valence-electron chi connectivity index (χ1n) is 15.9. The summed E-state index contributed by atoms with van der Waals surface area (Å²) in [5.41, 5.74) is -0.933. The van der Waals surface area contributed by atoms with E-state index in [-0.39, 0.29) is 54.4 Å². The maximum absolute atomic E-state index is 13.9. The molecule has 1 aromatic carbocycles. The highest BCUT2D eigenvalue weighted by Crippen LogP contribution is 2.41. The third-order valence-electron chi connectivity index (χ3n) is 8.68. The molecule has 9 nitrogen and oxygen atoms in total. The van der Waals surface area contributed by atoms with Crippen LogP contribution in [0.15, 0.2) is 42.6 Å². The van der Waals surface area contributed by atoms with Crippen LogP contribution in [0, 0.1) is 11.8 Å². The lowest BCUT2D eigenvalue weighted by Crippen LogP contribution is -2.27. The summed E-state index contributed by atoms with van der Waals surface area (Å²) in [6.45, 7) is -1.18. The molecular weight excluding hydrogens is 680 g/mol. The minimum Gasteiger partial charge on any atom is -0.471 e. The Morgan fingerprint density at radius 3 is 2.42 bits per heavy atom. The lowest BCUT2D eigenvalue weighted by molar-refractivity contribution is -0.184. The Bertz CT molecular complexity index is 1810. The van der Waals surface area contributed by atoms with Gasteiger partial charge in [0.15, 0.2) is 18.0 Å². The molecule has 1 aliphatic carbocycles. The van der Waals surface area contributed by atoms with Crippen molar-refractivity contribution in [2.45, 2.75) is 70.3 Å². The molecule has 0 radical (unpaired) electrons. The predicted molar refractivity (Wildman–Crippen MR) is 166 cm³/mol. The number of carbonyl (C=O) groups is 2. The van der Waals surface area contributed by atoms with Gasteiger partial charge in [0.1, 0.15) is 5.69 Å². The average Bonchev–Trinajstić information content (AvgIpc) is 3.66. The number of imidazole rings is 1. The van der Waals surface area contributed by atoms with Crippen LogP contribution in [0.1, 0.15) is 76.9 Å². The van der Waals surface area contributed by atoms with E-state index in [9.17, 15) is 44.7 Å². The topological polar surface area (TPSA) is 114 Å². The largest absolute Gasteiger partial charge is 0.471 e. The van der Waals surface area contributed by atoms with Gasteiger partial charge >= 0.3 is 12.4 Å². The van der Waals surface area contributed by atoms with Crippen LogP contribution >= 0.6 is 0 Å². The van der Waals surface area contributed by atoms with Crippen LogP contribution in [0.25, 0.3) is 11.2 Å². The lowest BCUT2D eigenvalue weighted by Gasteiger charge is -2.29. The van der Waals surface area contributed by atoms with Crippen molar-refractivity contribution in [3.63, 3.8) is 0 Å². The number of anilines is 2. The van der Waals surface area contributed by atoms with Gasteiger partial charge in [-0.2, -0.15) is 36.3 Å². The molecule has 0 saturated heterocycles. The number of rotatable bonds is 13. The van der Waals surface area contributed by atoms with Crippen molar-refractivity contribution in [2.75, 3.05) is 11.9 Å². The maximum Gasteiger partial charge on any atom is 0.418 e. The number of aromatic nitrogens is 4. The summed E-state index contributed by atoms with van der Waals surface area (Å²) in [5, 5.41) is 5.23. The molecule has 0 bridgehead atoms. The summed E-state index contributed by atoms with van der Waals surface area (Å²) in [5.74, 6) is -2.88. The molecule has 3 aromatic heterocycles. The standard InChI is InChI=1S/C33H34F8N6O3/c1-47-13-3-5-25(47)29(49)42-16-19-9-12-22(33(39,40)41)23(14-19)43-31-44-24-15-21(30(45-28(24)46-31)50-17-27(34)35)26(48)6-2-4-18-7-10-20(11-8-18)32(36,37)38/h3,5,9,12-15,18,20,27H,2,4,6-8,10-11,16-17H2,1H3,(H,42,49)(H2,43,44,45,46). The molecule has 0 aliphatic heterocycles. The minimum absolute atomic E-state index is 0.0258. The van der Waals surface area contributed by atoms with Crippen molar-refractivity contribution >= 4 is 34.5 Å². The molecule has 270 valence electrons.